The Bertz CT molecular complexity index is 1370. The number of hydrogen-bond donors (Lipinski definition) is 0. The first-order valence-electron chi connectivity index (χ1n) is 12.4. The summed E-state index contributed by atoms with van der Waals surface area (Å²) in [5.74, 6) is -0.0306. The third-order valence-corrected chi connectivity index (χ3v) is 6.55. The summed E-state index contributed by atoms with van der Waals surface area (Å²) >= 11 is 6.08. The van der Waals surface area contributed by atoms with Crippen LogP contribution in [-0.2, 0) is 25.9 Å². The lowest BCUT2D eigenvalue weighted by atomic mass is 10.0. The average Bonchev–Trinajstić information content (AvgIpc) is 2.92. The molecule has 188 valence electrons. The van der Waals surface area contributed by atoms with Crippen LogP contribution in [-0.4, -0.2) is 35.7 Å². The maximum Gasteiger partial charge on any atom is 0.253 e. The quantitative estimate of drug-likeness (QED) is 0.252. The van der Waals surface area contributed by atoms with Crippen LogP contribution in [0.5, 0.6) is 0 Å². The highest BCUT2D eigenvalue weighted by atomic mass is 35.5. The van der Waals surface area contributed by atoms with Crippen LogP contribution in [0, 0.1) is 0 Å². The van der Waals surface area contributed by atoms with Gasteiger partial charge < -0.3 is 9.80 Å². The fourth-order valence-electron chi connectivity index (χ4n) is 4.36. The summed E-state index contributed by atoms with van der Waals surface area (Å²) in [5, 5.41) is 0.661. The van der Waals surface area contributed by atoms with E-state index in [0.29, 0.717) is 29.2 Å². The molecule has 0 N–H and O–H groups in total. The predicted octanol–water partition coefficient (Wildman–Crippen LogP) is 6.67. The van der Waals surface area contributed by atoms with E-state index in [9.17, 15) is 9.59 Å². The Hall–Kier alpha value is -3.89. The van der Waals surface area contributed by atoms with Crippen molar-refractivity contribution >= 4 is 23.4 Å². The zero-order valence-corrected chi connectivity index (χ0v) is 22.0. The lowest BCUT2D eigenvalue weighted by molar-refractivity contribution is 0.0778. The van der Waals surface area contributed by atoms with Crippen LogP contribution in [0.1, 0.15) is 43.0 Å². The smallest absolute Gasteiger partial charge is 0.253 e. The summed E-state index contributed by atoms with van der Waals surface area (Å²) in [7, 11) is 3.63. The van der Waals surface area contributed by atoms with Crippen molar-refractivity contribution in [1.82, 2.24) is 9.80 Å². The summed E-state index contributed by atoms with van der Waals surface area (Å²) in [6.45, 7) is 1.06. The summed E-state index contributed by atoms with van der Waals surface area (Å²) in [5.41, 5.74) is 5.61. The Labute approximate surface area is 224 Å². The van der Waals surface area contributed by atoms with Crippen LogP contribution in [0.15, 0.2) is 103 Å². The molecule has 4 aromatic rings. The van der Waals surface area contributed by atoms with E-state index in [1.165, 1.54) is 0 Å². The van der Waals surface area contributed by atoms with Crippen LogP contribution in [0.3, 0.4) is 0 Å². The van der Waals surface area contributed by atoms with Crippen LogP contribution in [0.25, 0.3) is 0 Å². The van der Waals surface area contributed by atoms with Crippen molar-refractivity contribution in [2.45, 2.75) is 25.9 Å². The van der Waals surface area contributed by atoms with E-state index in [1.807, 2.05) is 110 Å². The number of carbonyl (C=O) groups excluding carboxylic acids is 2. The molecule has 0 atom stereocenters. The summed E-state index contributed by atoms with van der Waals surface area (Å²) < 4.78 is 0. The van der Waals surface area contributed by atoms with Crippen molar-refractivity contribution in [3.8, 4) is 0 Å². The van der Waals surface area contributed by atoms with Gasteiger partial charge in [0.2, 0.25) is 0 Å². The molecule has 4 aromatic carbocycles. The highest BCUT2D eigenvalue weighted by Crippen LogP contribution is 2.17. The van der Waals surface area contributed by atoms with E-state index in [-0.39, 0.29) is 11.8 Å². The first-order chi connectivity index (χ1) is 17.9. The Morgan fingerprint density at radius 3 is 1.57 bits per heavy atom. The summed E-state index contributed by atoms with van der Waals surface area (Å²) in [4.78, 5) is 29.5. The van der Waals surface area contributed by atoms with E-state index >= 15 is 0 Å². The van der Waals surface area contributed by atoms with E-state index in [1.54, 1.807) is 16.8 Å². The van der Waals surface area contributed by atoms with Crippen molar-refractivity contribution in [3.05, 3.63) is 142 Å². The molecule has 0 aliphatic heterocycles. The number of hydrogen-bond acceptors (Lipinski definition) is 2. The van der Waals surface area contributed by atoms with E-state index in [2.05, 4.69) is 0 Å². The van der Waals surface area contributed by atoms with E-state index in [4.69, 9.17) is 11.6 Å². The standard InChI is InChI=1S/C32H31ClN2O2/c1-34(22-26-9-4-3-5-10-26)31(36)28-14-6-11-24(19-28)17-18-25-12-7-15-29(20-25)32(37)35(2)23-27-13-8-16-30(33)21-27/h3-16,19-21H,17-18,22-23H2,1-2H3. The number of aryl methyl sites for hydroxylation is 2. The summed E-state index contributed by atoms with van der Waals surface area (Å²) in [6.07, 6.45) is 1.55. The first-order valence-corrected chi connectivity index (χ1v) is 12.7. The molecule has 5 heteroatoms. The van der Waals surface area contributed by atoms with E-state index in [0.717, 1.165) is 35.1 Å². The second kappa shape index (κ2) is 12.4. The zero-order valence-electron chi connectivity index (χ0n) is 21.2. The van der Waals surface area contributed by atoms with Gasteiger partial charge in [-0.2, -0.15) is 0 Å². The lowest BCUT2D eigenvalue weighted by Crippen LogP contribution is -2.26. The van der Waals surface area contributed by atoms with Gasteiger partial charge in [-0.05, 0) is 71.5 Å². The molecule has 0 aliphatic rings. The van der Waals surface area contributed by atoms with Crippen molar-refractivity contribution in [1.29, 1.82) is 0 Å². The number of nitrogens with zero attached hydrogens (tertiary/aromatic N) is 2. The van der Waals surface area contributed by atoms with Crippen LogP contribution in [0.2, 0.25) is 5.02 Å². The van der Waals surface area contributed by atoms with Gasteiger partial charge in [-0.3, -0.25) is 9.59 Å². The van der Waals surface area contributed by atoms with Crippen LogP contribution >= 0.6 is 11.6 Å². The normalized spacial score (nSPS) is 10.7. The highest BCUT2D eigenvalue weighted by molar-refractivity contribution is 6.30. The molecule has 0 aromatic heterocycles. The van der Waals surface area contributed by atoms with Crippen molar-refractivity contribution in [3.63, 3.8) is 0 Å². The maximum absolute atomic E-state index is 13.0. The molecule has 4 rings (SSSR count). The first kappa shape index (κ1) is 26.2. The highest BCUT2D eigenvalue weighted by Gasteiger charge is 2.14. The number of carbonyl (C=O) groups is 2. The van der Waals surface area contributed by atoms with Crippen LogP contribution in [0.4, 0.5) is 0 Å². The van der Waals surface area contributed by atoms with E-state index < -0.39 is 0 Å². The second-order valence-corrected chi connectivity index (χ2v) is 9.78. The fourth-order valence-corrected chi connectivity index (χ4v) is 4.57. The van der Waals surface area contributed by atoms with Gasteiger partial charge in [-0.1, -0.05) is 78.3 Å². The molecule has 0 aliphatic carbocycles. The number of amides is 2. The predicted molar refractivity (Wildman–Crippen MR) is 150 cm³/mol. The topological polar surface area (TPSA) is 40.6 Å². The molecule has 0 bridgehead atoms. The summed E-state index contributed by atoms with van der Waals surface area (Å²) in [6, 6.07) is 33.1. The molecule has 0 saturated carbocycles. The van der Waals surface area contributed by atoms with Crippen molar-refractivity contribution in [2.24, 2.45) is 0 Å². The molecule has 37 heavy (non-hydrogen) atoms. The third-order valence-electron chi connectivity index (χ3n) is 6.31. The van der Waals surface area contributed by atoms with Gasteiger partial charge >= 0.3 is 0 Å². The molecule has 0 fully saturated rings. The van der Waals surface area contributed by atoms with Gasteiger partial charge in [0.15, 0.2) is 0 Å². The molecule has 0 spiro atoms. The fraction of sp³-hybridized carbons (Fsp3) is 0.188. The van der Waals surface area contributed by atoms with Gasteiger partial charge in [0.25, 0.3) is 11.8 Å². The number of rotatable bonds is 9. The molecular formula is C32H31ClN2O2. The number of halogens is 1. The largest absolute Gasteiger partial charge is 0.337 e. The number of benzene rings is 4. The molecule has 4 nitrogen and oxygen atoms in total. The average molecular weight is 511 g/mol. The molecule has 0 unspecified atom stereocenters. The van der Waals surface area contributed by atoms with Gasteiger partial charge in [0.05, 0.1) is 0 Å². The van der Waals surface area contributed by atoms with Gasteiger partial charge in [-0.25, -0.2) is 0 Å². The SMILES string of the molecule is CN(Cc1ccccc1)C(=O)c1cccc(CCc2cccc(C(=O)N(C)Cc3cccc(Cl)c3)c2)c1. The van der Waals surface area contributed by atoms with Gasteiger partial charge in [0.1, 0.15) is 0 Å². The van der Waals surface area contributed by atoms with Crippen LogP contribution < -0.4 is 0 Å². The van der Waals surface area contributed by atoms with Crippen molar-refractivity contribution in [2.75, 3.05) is 14.1 Å². The minimum Gasteiger partial charge on any atom is -0.337 e. The molecule has 0 saturated heterocycles. The molecule has 0 radical (unpaired) electrons. The molecule has 0 heterocycles. The Morgan fingerprint density at radius 2 is 1.03 bits per heavy atom. The maximum atomic E-state index is 13.0. The Kier molecular flexibility index (Phi) is 8.76. The molecular weight excluding hydrogens is 480 g/mol. The zero-order chi connectivity index (χ0) is 26.2. The monoisotopic (exact) mass is 510 g/mol. The Balaban J connectivity index is 1.37. The minimum atomic E-state index is -0.0316. The lowest BCUT2D eigenvalue weighted by Gasteiger charge is -2.18. The van der Waals surface area contributed by atoms with Gasteiger partial charge in [0, 0.05) is 43.3 Å². The minimum absolute atomic E-state index is 0.000961. The van der Waals surface area contributed by atoms with Crippen molar-refractivity contribution < 1.29 is 9.59 Å². The molecule has 2 amide bonds. The van der Waals surface area contributed by atoms with Gasteiger partial charge in [-0.15, -0.1) is 0 Å². The third kappa shape index (κ3) is 7.31. The second-order valence-electron chi connectivity index (χ2n) is 9.34. The Morgan fingerprint density at radius 1 is 0.568 bits per heavy atom.